The summed E-state index contributed by atoms with van der Waals surface area (Å²) >= 11 is 1.51. The van der Waals surface area contributed by atoms with Crippen LogP contribution in [0.1, 0.15) is 17.5 Å². The predicted octanol–water partition coefficient (Wildman–Crippen LogP) is 2.74. The molecule has 0 amide bonds. The van der Waals surface area contributed by atoms with Crippen LogP contribution in [0, 0.1) is 12.7 Å². The monoisotopic (exact) mass is 328 g/mol. The Morgan fingerprint density at radius 3 is 2.57 bits per heavy atom. The Kier molecular flexibility index (Phi) is 5.08. The molecule has 2 rings (SSSR count). The van der Waals surface area contributed by atoms with Gasteiger partial charge in [0.2, 0.25) is 10.0 Å². The Morgan fingerprint density at radius 2 is 1.95 bits per heavy atom. The third kappa shape index (κ3) is 4.33. The van der Waals surface area contributed by atoms with Gasteiger partial charge in [-0.1, -0.05) is 0 Å². The molecule has 0 saturated carbocycles. The zero-order chi connectivity index (χ0) is 15.5. The molecule has 0 fully saturated rings. The van der Waals surface area contributed by atoms with E-state index in [9.17, 15) is 12.8 Å². The van der Waals surface area contributed by atoms with Gasteiger partial charge in [0.15, 0.2) is 0 Å². The van der Waals surface area contributed by atoms with Gasteiger partial charge in [-0.3, -0.25) is 0 Å². The number of thiazole rings is 1. The molecule has 1 heterocycles. The first-order valence-electron chi connectivity index (χ1n) is 6.61. The van der Waals surface area contributed by atoms with Crippen LogP contribution in [-0.2, 0) is 16.4 Å². The average Bonchev–Trinajstić information content (AvgIpc) is 2.81. The van der Waals surface area contributed by atoms with Crippen molar-refractivity contribution in [3.8, 4) is 10.6 Å². The highest BCUT2D eigenvalue weighted by atomic mass is 32.2. The summed E-state index contributed by atoms with van der Waals surface area (Å²) in [6, 6.07) is 6.19. The van der Waals surface area contributed by atoms with E-state index < -0.39 is 10.0 Å². The lowest BCUT2D eigenvalue weighted by Crippen LogP contribution is -2.27. The number of halogens is 1. The Balaban J connectivity index is 2.07. The highest BCUT2D eigenvalue weighted by Gasteiger charge is 2.11. The molecule has 21 heavy (non-hydrogen) atoms. The quantitative estimate of drug-likeness (QED) is 0.887. The molecular weight excluding hydrogens is 311 g/mol. The molecule has 0 aliphatic rings. The van der Waals surface area contributed by atoms with Gasteiger partial charge < -0.3 is 0 Å². The number of hydrogen-bond acceptors (Lipinski definition) is 4. The topological polar surface area (TPSA) is 59.1 Å². The van der Waals surface area contributed by atoms with Gasteiger partial charge in [-0.2, -0.15) is 0 Å². The molecule has 0 spiro atoms. The van der Waals surface area contributed by atoms with Gasteiger partial charge in [-0.15, -0.1) is 11.3 Å². The minimum absolute atomic E-state index is 0.0789. The first-order chi connectivity index (χ1) is 9.91. The zero-order valence-corrected chi connectivity index (χ0v) is 13.5. The van der Waals surface area contributed by atoms with E-state index in [1.165, 1.54) is 23.5 Å². The number of aromatic nitrogens is 1. The second kappa shape index (κ2) is 6.64. The Labute approximate surface area is 128 Å². The lowest BCUT2D eigenvalue weighted by molar-refractivity contribution is 0.583. The van der Waals surface area contributed by atoms with Crippen LogP contribution in [0.25, 0.3) is 10.6 Å². The van der Waals surface area contributed by atoms with Gasteiger partial charge in [0.05, 0.1) is 11.4 Å². The van der Waals surface area contributed by atoms with E-state index in [2.05, 4.69) is 9.71 Å². The van der Waals surface area contributed by atoms with Crippen LogP contribution >= 0.6 is 11.3 Å². The SMILES string of the molecule is CCS(=O)(=O)NCCc1sc(-c2ccc(F)cc2)nc1C. The van der Waals surface area contributed by atoms with E-state index in [4.69, 9.17) is 0 Å². The maximum Gasteiger partial charge on any atom is 0.211 e. The van der Waals surface area contributed by atoms with Crippen LogP contribution in [-0.4, -0.2) is 25.7 Å². The van der Waals surface area contributed by atoms with Gasteiger partial charge in [-0.25, -0.2) is 22.5 Å². The van der Waals surface area contributed by atoms with E-state index in [0.717, 1.165) is 21.1 Å². The van der Waals surface area contributed by atoms with Crippen LogP contribution in [0.5, 0.6) is 0 Å². The van der Waals surface area contributed by atoms with Crippen molar-refractivity contribution in [2.24, 2.45) is 0 Å². The number of aryl methyl sites for hydroxylation is 1. The van der Waals surface area contributed by atoms with Crippen molar-refractivity contribution in [1.29, 1.82) is 0 Å². The van der Waals surface area contributed by atoms with Crippen LogP contribution in [0.3, 0.4) is 0 Å². The van der Waals surface area contributed by atoms with Crippen molar-refractivity contribution in [3.63, 3.8) is 0 Å². The molecule has 0 aliphatic carbocycles. The largest absolute Gasteiger partial charge is 0.241 e. The maximum atomic E-state index is 12.9. The molecule has 0 unspecified atom stereocenters. The highest BCUT2D eigenvalue weighted by molar-refractivity contribution is 7.89. The second-order valence-electron chi connectivity index (χ2n) is 4.58. The number of nitrogens with zero attached hydrogens (tertiary/aromatic N) is 1. The summed E-state index contributed by atoms with van der Waals surface area (Å²) in [4.78, 5) is 5.50. The van der Waals surface area contributed by atoms with Gasteiger partial charge in [0, 0.05) is 17.0 Å². The third-order valence-corrected chi connectivity index (χ3v) is 5.71. The summed E-state index contributed by atoms with van der Waals surface area (Å²) in [5.41, 5.74) is 1.75. The van der Waals surface area contributed by atoms with Crippen molar-refractivity contribution < 1.29 is 12.8 Å². The molecule has 2 aromatic rings. The predicted molar refractivity (Wildman–Crippen MR) is 83.4 cm³/mol. The summed E-state index contributed by atoms with van der Waals surface area (Å²) in [5, 5.41) is 0.820. The lowest BCUT2D eigenvalue weighted by atomic mass is 10.2. The van der Waals surface area contributed by atoms with E-state index in [1.54, 1.807) is 19.1 Å². The molecule has 4 nitrogen and oxygen atoms in total. The highest BCUT2D eigenvalue weighted by Crippen LogP contribution is 2.28. The summed E-state index contributed by atoms with van der Waals surface area (Å²) in [5.74, 6) is -0.198. The molecule has 7 heteroatoms. The maximum absolute atomic E-state index is 12.9. The van der Waals surface area contributed by atoms with Gasteiger partial charge in [0.1, 0.15) is 10.8 Å². The molecule has 1 aromatic carbocycles. The van der Waals surface area contributed by atoms with Crippen molar-refractivity contribution in [3.05, 3.63) is 40.7 Å². The van der Waals surface area contributed by atoms with Crippen molar-refractivity contribution in [2.75, 3.05) is 12.3 Å². The van der Waals surface area contributed by atoms with E-state index in [0.29, 0.717) is 13.0 Å². The molecule has 1 aromatic heterocycles. The molecule has 114 valence electrons. The number of nitrogens with one attached hydrogen (secondary N) is 1. The van der Waals surface area contributed by atoms with Gasteiger partial charge in [-0.05, 0) is 44.5 Å². The lowest BCUT2D eigenvalue weighted by Gasteiger charge is -2.02. The fourth-order valence-electron chi connectivity index (χ4n) is 1.80. The minimum Gasteiger partial charge on any atom is -0.241 e. The number of hydrogen-bond donors (Lipinski definition) is 1. The van der Waals surface area contributed by atoms with Crippen molar-refractivity contribution in [2.45, 2.75) is 20.3 Å². The first kappa shape index (κ1) is 16.1. The van der Waals surface area contributed by atoms with Crippen LogP contribution in [0.4, 0.5) is 4.39 Å². The van der Waals surface area contributed by atoms with Crippen molar-refractivity contribution >= 4 is 21.4 Å². The Bertz CT molecular complexity index is 709. The molecule has 0 atom stereocenters. The molecule has 1 N–H and O–H groups in total. The standard InChI is InChI=1S/C14H17FN2O2S2/c1-3-21(18,19)16-9-8-13-10(2)17-14(20-13)11-4-6-12(15)7-5-11/h4-7,16H,3,8-9H2,1-2H3. The Morgan fingerprint density at radius 1 is 1.29 bits per heavy atom. The van der Waals surface area contributed by atoms with Gasteiger partial charge >= 0.3 is 0 Å². The summed E-state index contributed by atoms with van der Waals surface area (Å²) in [6.45, 7) is 3.86. The normalized spacial score (nSPS) is 11.8. The summed E-state index contributed by atoms with van der Waals surface area (Å²) in [6.07, 6.45) is 0.601. The smallest absolute Gasteiger partial charge is 0.211 e. The molecule has 0 bridgehead atoms. The second-order valence-corrected chi connectivity index (χ2v) is 7.76. The van der Waals surface area contributed by atoms with Crippen molar-refractivity contribution in [1.82, 2.24) is 9.71 Å². The molecule has 0 aliphatic heterocycles. The van der Waals surface area contributed by atoms with Crippen LogP contribution in [0.15, 0.2) is 24.3 Å². The number of benzene rings is 1. The van der Waals surface area contributed by atoms with E-state index in [-0.39, 0.29) is 11.6 Å². The molecule has 0 radical (unpaired) electrons. The van der Waals surface area contributed by atoms with Gasteiger partial charge in [0.25, 0.3) is 0 Å². The average molecular weight is 328 g/mol. The molecule has 0 saturated heterocycles. The first-order valence-corrected chi connectivity index (χ1v) is 9.07. The zero-order valence-electron chi connectivity index (χ0n) is 11.9. The van der Waals surface area contributed by atoms with E-state index in [1.807, 2.05) is 6.92 Å². The summed E-state index contributed by atoms with van der Waals surface area (Å²) < 4.78 is 38.2. The van der Waals surface area contributed by atoms with Crippen LogP contribution < -0.4 is 4.72 Å². The number of rotatable bonds is 6. The minimum atomic E-state index is -3.16. The summed E-state index contributed by atoms with van der Waals surface area (Å²) in [7, 11) is -3.16. The third-order valence-electron chi connectivity index (χ3n) is 3.04. The van der Waals surface area contributed by atoms with E-state index >= 15 is 0 Å². The fourth-order valence-corrected chi connectivity index (χ4v) is 3.48. The fraction of sp³-hybridized carbons (Fsp3) is 0.357. The Hall–Kier alpha value is -1.31. The molecular formula is C14H17FN2O2S2. The van der Waals surface area contributed by atoms with Crippen LogP contribution in [0.2, 0.25) is 0 Å². The number of sulfonamides is 1.